The smallest absolute Gasteiger partial charge is 0.253 e. The average molecular weight is 374 g/mol. The summed E-state index contributed by atoms with van der Waals surface area (Å²) in [4.78, 5) is 21.9. The normalized spacial score (nSPS) is 12.4. The lowest BCUT2D eigenvalue weighted by atomic mass is 10.1. The molecule has 0 bridgehead atoms. The fraction of sp³-hybridized carbons (Fsp3) is 0.238. The monoisotopic (exact) mass is 374 g/mol. The topological polar surface area (TPSA) is 77.6 Å². The summed E-state index contributed by atoms with van der Waals surface area (Å²) in [6.07, 6.45) is 6.93. The fourth-order valence-electron chi connectivity index (χ4n) is 3.25. The summed E-state index contributed by atoms with van der Waals surface area (Å²) in [5.74, 6) is 0.560. The summed E-state index contributed by atoms with van der Waals surface area (Å²) in [6.45, 7) is 4.10. The largest absolute Gasteiger partial charge is 0.338 e. The molecule has 1 amide bonds. The molecule has 4 rings (SSSR count). The summed E-state index contributed by atoms with van der Waals surface area (Å²) >= 11 is 0. The summed E-state index contributed by atoms with van der Waals surface area (Å²) in [7, 11) is 1.92. The minimum atomic E-state index is -0.359. The molecule has 0 aliphatic heterocycles. The van der Waals surface area contributed by atoms with Crippen LogP contribution in [0.3, 0.4) is 0 Å². The number of hydrogen-bond acceptors (Lipinski definition) is 4. The highest BCUT2D eigenvalue weighted by molar-refractivity contribution is 5.97. The number of carbonyl (C=O) groups excluding carboxylic acids is 1. The van der Waals surface area contributed by atoms with Crippen molar-refractivity contribution in [1.82, 2.24) is 29.6 Å². The first-order chi connectivity index (χ1) is 13.5. The van der Waals surface area contributed by atoms with Crippen LogP contribution in [0.2, 0.25) is 0 Å². The second kappa shape index (κ2) is 7.26. The zero-order valence-corrected chi connectivity index (χ0v) is 16.1. The molecule has 28 heavy (non-hydrogen) atoms. The van der Waals surface area contributed by atoms with E-state index in [1.807, 2.05) is 72.7 Å². The number of hydrogen-bond donors (Lipinski definition) is 1. The molecule has 1 aromatic carbocycles. The zero-order chi connectivity index (χ0) is 19.7. The van der Waals surface area contributed by atoms with Crippen LogP contribution < -0.4 is 5.32 Å². The third kappa shape index (κ3) is 3.26. The van der Waals surface area contributed by atoms with E-state index in [-0.39, 0.29) is 18.0 Å². The molecule has 4 aromatic rings. The number of nitrogens with one attached hydrogen (secondary N) is 1. The fourth-order valence-corrected chi connectivity index (χ4v) is 3.25. The molecule has 0 saturated carbocycles. The van der Waals surface area contributed by atoms with E-state index in [0.29, 0.717) is 5.56 Å². The Balaban J connectivity index is 1.66. The Labute approximate surface area is 163 Å². The molecular weight excluding hydrogens is 352 g/mol. The minimum absolute atomic E-state index is 0.204. The highest BCUT2D eigenvalue weighted by Gasteiger charge is 2.22. The number of imidazole rings is 1. The first-order valence-electron chi connectivity index (χ1n) is 9.21. The number of aryl methyl sites for hydroxylation is 1. The van der Waals surface area contributed by atoms with Crippen LogP contribution in [0.1, 0.15) is 47.7 Å². The molecule has 3 heterocycles. The molecule has 1 N–H and O–H groups in total. The summed E-state index contributed by atoms with van der Waals surface area (Å²) in [5.41, 5.74) is 2.23. The Morgan fingerprint density at radius 3 is 2.57 bits per heavy atom. The molecule has 0 spiro atoms. The van der Waals surface area contributed by atoms with Gasteiger partial charge < -0.3 is 9.88 Å². The van der Waals surface area contributed by atoms with Crippen molar-refractivity contribution in [2.45, 2.75) is 25.9 Å². The van der Waals surface area contributed by atoms with E-state index in [1.165, 1.54) is 0 Å². The van der Waals surface area contributed by atoms with Crippen molar-refractivity contribution >= 4 is 16.9 Å². The lowest BCUT2D eigenvalue weighted by Crippen LogP contribution is -2.31. The van der Waals surface area contributed by atoms with E-state index in [4.69, 9.17) is 0 Å². The van der Waals surface area contributed by atoms with Crippen molar-refractivity contribution in [1.29, 1.82) is 0 Å². The van der Waals surface area contributed by atoms with Crippen LogP contribution in [-0.2, 0) is 7.05 Å². The van der Waals surface area contributed by atoms with Gasteiger partial charge in [-0.15, -0.1) is 0 Å². The van der Waals surface area contributed by atoms with Crippen LogP contribution in [0.5, 0.6) is 0 Å². The number of rotatable bonds is 5. The quantitative estimate of drug-likeness (QED) is 0.582. The second-order valence-corrected chi connectivity index (χ2v) is 7.03. The van der Waals surface area contributed by atoms with Gasteiger partial charge in [0.25, 0.3) is 5.91 Å². The van der Waals surface area contributed by atoms with Gasteiger partial charge in [-0.05, 0) is 25.5 Å². The highest BCUT2D eigenvalue weighted by atomic mass is 16.1. The summed E-state index contributed by atoms with van der Waals surface area (Å²) in [5, 5.41) is 8.30. The van der Waals surface area contributed by atoms with Gasteiger partial charge >= 0.3 is 0 Å². The van der Waals surface area contributed by atoms with Crippen LogP contribution in [0.15, 0.2) is 61.2 Å². The van der Waals surface area contributed by atoms with Crippen molar-refractivity contribution in [2.75, 3.05) is 0 Å². The third-order valence-corrected chi connectivity index (χ3v) is 4.71. The number of benzene rings is 1. The number of aromatic nitrogens is 5. The second-order valence-electron chi connectivity index (χ2n) is 7.03. The first-order valence-corrected chi connectivity index (χ1v) is 9.21. The lowest BCUT2D eigenvalue weighted by molar-refractivity contribution is 0.0941. The average Bonchev–Trinajstić information content (AvgIpc) is 3.32. The Hall–Kier alpha value is -3.48. The Morgan fingerprint density at radius 1 is 1.11 bits per heavy atom. The predicted molar refractivity (Wildman–Crippen MR) is 107 cm³/mol. The maximum atomic E-state index is 13.0. The number of carbonyl (C=O) groups is 1. The van der Waals surface area contributed by atoms with Gasteiger partial charge in [0.2, 0.25) is 0 Å². The molecule has 3 aromatic heterocycles. The summed E-state index contributed by atoms with van der Waals surface area (Å²) in [6, 6.07) is 11.5. The van der Waals surface area contributed by atoms with Crippen molar-refractivity contribution in [3.05, 3.63) is 78.1 Å². The molecule has 7 heteroatoms. The Bertz CT molecular complexity index is 1110. The van der Waals surface area contributed by atoms with Crippen molar-refractivity contribution in [3.8, 4) is 0 Å². The molecule has 0 fully saturated rings. The molecule has 0 unspecified atom stereocenters. The molecule has 0 aliphatic carbocycles. The molecular formula is C21H22N6O. The van der Waals surface area contributed by atoms with Gasteiger partial charge in [-0.3, -0.25) is 4.79 Å². The minimum Gasteiger partial charge on any atom is -0.338 e. The predicted octanol–water partition coefficient (Wildman–Crippen LogP) is 3.27. The van der Waals surface area contributed by atoms with Crippen LogP contribution in [0.4, 0.5) is 0 Å². The molecule has 0 aliphatic rings. The van der Waals surface area contributed by atoms with E-state index < -0.39 is 0 Å². The Morgan fingerprint density at radius 2 is 1.89 bits per heavy atom. The van der Waals surface area contributed by atoms with Crippen molar-refractivity contribution < 1.29 is 4.79 Å². The summed E-state index contributed by atoms with van der Waals surface area (Å²) < 4.78 is 3.75. The lowest BCUT2D eigenvalue weighted by Gasteiger charge is -2.19. The van der Waals surface area contributed by atoms with Crippen LogP contribution in [0, 0.1) is 0 Å². The maximum Gasteiger partial charge on any atom is 0.253 e. The Kier molecular flexibility index (Phi) is 4.65. The van der Waals surface area contributed by atoms with Gasteiger partial charge in [-0.2, -0.15) is 5.10 Å². The van der Waals surface area contributed by atoms with Crippen LogP contribution in [0.25, 0.3) is 11.0 Å². The van der Waals surface area contributed by atoms with Gasteiger partial charge in [0.15, 0.2) is 5.65 Å². The van der Waals surface area contributed by atoms with Crippen molar-refractivity contribution in [2.24, 2.45) is 7.05 Å². The molecule has 142 valence electrons. The molecule has 1 atom stereocenters. The van der Waals surface area contributed by atoms with Gasteiger partial charge in [0, 0.05) is 37.1 Å². The number of nitrogens with zero attached hydrogens (tertiary/aromatic N) is 5. The molecule has 0 saturated heterocycles. The van der Waals surface area contributed by atoms with E-state index in [9.17, 15) is 4.79 Å². The molecule has 7 nitrogen and oxygen atoms in total. The van der Waals surface area contributed by atoms with Crippen LogP contribution >= 0.6 is 0 Å². The highest BCUT2D eigenvalue weighted by Crippen LogP contribution is 2.22. The first kappa shape index (κ1) is 17.9. The van der Waals surface area contributed by atoms with E-state index in [0.717, 1.165) is 22.4 Å². The van der Waals surface area contributed by atoms with Gasteiger partial charge in [-0.1, -0.05) is 30.3 Å². The van der Waals surface area contributed by atoms with E-state index in [2.05, 4.69) is 20.4 Å². The van der Waals surface area contributed by atoms with E-state index in [1.54, 1.807) is 18.6 Å². The number of fused-ring (bicyclic) bond motifs is 1. The standard InChI is InChI=1S/C21H22N6O/c1-14(2)27-19-16(13-24-27)11-17(12-23-19)21(28)25-18(15-7-5-4-6-8-15)20-22-9-10-26(20)3/h4-14,18H,1-3H3,(H,25,28)/t18-/m0/s1. The van der Waals surface area contributed by atoms with Crippen molar-refractivity contribution in [3.63, 3.8) is 0 Å². The maximum absolute atomic E-state index is 13.0. The number of amides is 1. The van der Waals surface area contributed by atoms with Crippen LogP contribution in [-0.4, -0.2) is 30.2 Å². The van der Waals surface area contributed by atoms with Gasteiger partial charge in [0.05, 0.1) is 11.8 Å². The van der Waals surface area contributed by atoms with Gasteiger partial charge in [0.1, 0.15) is 11.9 Å². The number of pyridine rings is 1. The third-order valence-electron chi connectivity index (χ3n) is 4.71. The molecule has 0 radical (unpaired) electrons. The van der Waals surface area contributed by atoms with E-state index >= 15 is 0 Å². The zero-order valence-electron chi connectivity index (χ0n) is 16.1. The van der Waals surface area contributed by atoms with Gasteiger partial charge in [-0.25, -0.2) is 14.6 Å². The SMILES string of the molecule is CC(C)n1ncc2cc(C(=O)N[C@@H](c3ccccc3)c3nccn3C)cnc21.